The number of furan rings is 1. The summed E-state index contributed by atoms with van der Waals surface area (Å²) in [6.07, 6.45) is 3.22. The SMILES string of the molecule is COC(=O)/C(=C\c1ccccc1)[C@@H](N[S@@](=O)c1ccc(C)cc1)c1ccco1. The average Bonchev–Trinajstić information content (AvgIpc) is 3.25. The van der Waals surface area contributed by atoms with Gasteiger partial charge in [-0.25, -0.2) is 13.7 Å². The van der Waals surface area contributed by atoms with Gasteiger partial charge in [-0.1, -0.05) is 48.0 Å². The zero-order valence-corrected chi connectivity index (χ0v) is 16.4. The van der Waals surface area contributed by atoms with Gasteiger partial charge in [-0.05, 0) is 42.8 Å². The smallest absolute Gasteiger partial charge is 0.335 e. The molecule has 2 atom stereocenters. The summed E-state index contributed by atoms with van der Waals surface area (Å²) in [7, 11) is -0.245. The van der Waals surface area contributed by atoms with Gasteiger partial charge in [-0.2, -0.15) is 0 Å². The second-order valence-corrected chi connectivity index (χ2v) is 7.39. The highest BCUT2D eigenvalue weighted by atomic mass is 32.2. The molecule has 1 heterocycles. The number of esters is 1. The van der Waals surface area contributed by atoms with E-state index in [9.17, 15) is 9.00 Å². The lowest BCUT2D eigenvalue weighted by Crippen LogP contribution is -2.28. The van der Waals surface area contributed by atoms with Crippen LogP contribution < -0.4 is 4.72 Å². The predicted octanol–water partition coefficient (Wildman–Crippen LogP) is 4.20. The molecule has 2 aromatic carbocycles. The maximum Gasteiger partial charge on any atom is 0.335 e. The van der Waals surface area contributed by atoms with E-state index in [1.54, 1.807) is 30.3 Å². The number of rotatable bonds is 7. The summed E-state index contributed by atoms with van der Waals surface area (Å²) in [5.41, 5.74) is 2.19. The van der Waals surface area contributed by atoms with Crippen molar-refractivity contribution in [2.24, 2.45) is 0 Å². The molecule has 0 radical (unpaired) electrons. The van der Waals surface area contributed by atoms with Crippen molar-refractivity contribution in [2.75, 3.05) is 7.11 Å². The standard InChI is InChI=1S/C22H21NO4S/c1-16-10-12-18(13-11-16)28(25)23-21(20-9-6-14-27-20)19(22(24)26-2)15-17-7-4-3-5-8-17/h3-15,21,23H,1-2H3/b19-15-/t21-,28+/m1/s1. The molecule has 0 aliphatic carbocycles. The molecule has 0 unspecified atom stereocenters. The van der Waals surface area contributed by atoms with Gasteiger partial charge in [0.2, 0.25) is 0 Å². The first-order valence-electron chi connectivity index (χ1n) is 8.71. The molecule has 0 bridgehead atoms. The molecule has 1 aromatic heterocycles. The van der Waals surface area contributed by atoms with E-state index in [2.05, 4.69) is 4.72 Å². The van der Waals surface area contributed by atoms with Crippen LogP contribution in [0.25, 0.3) is 6.08 Å². The minimum absolute atomic E-state index is 0.295. The van der Waals surface area contributed by atoms with E-state index in [0.717, 1.165) is 11.1 Å². The van der Waals surface area contributed by atoms with E-state index in [-0.39, 0.29) is 0 Å². The third kappa shape index (κ3) is 4.85. The minimum atomic E-state index is -1.56. The average molecular weight is 395 g/mol. The van der Waals surface area contributed by atoms with E-state index in [1.165, 1.54) is 13.4 Å². The molecule has 0 saturated heterocycles. The first kappa shape index (κ1) is 19.8. The fourth-order valence-corrected chi connectivity index (χ4v) is 3.65. The lowest BCUT2D eigenvalue weighted by molar-refractivity contribution is -0.136. The van der Waals surface area contributed by atoms with Gasteiger partial charge in [0.05, 0.1) is 23.8 Å². The highest BCUT2D eigenvalue weighted by molar-refractivity contribution is 7.83. The number of nitrogens with one attached hydrogen (secondary N) is 1. The molecule has 0 amide bonds. The maximum atomic E-state index is 12.9. The Hall–Kier alpha value is -2.96. The molecule has 3 rings (SSSR count). The largest absolute Gasteiger partial charge is 0.467 e. The number of hydrogen-bond acceptors (Lipinski definition) is 4. The number of methoxy groups -OCH3 is 1. The molecular weight excluding hydrogens is 374 g/mol. The number of carbonyl (C=O) groups excluding carboxylic acids is 1. The molecule has 0 aliphatic heterocycles. The van der Waals surface area contributed by atoms with Crippen molar-refractivity contribution in [3.63, 3.8) is 0 Å². The van der Waals surface area contributed by atoms with Gasteiger partial charge in [0, 0.05) is 0 Å². The third-order valence-corrected chi connectivity index (χ3v) is 5.29. The van der Waals surface area contributed by atoms with Crippen molar-refractivity contribution >= 4 is 23.0 Å². The van der Waals surface area contributed by atoms with Crippen molar-refractivity contribution in [1.82, 2.24) is 4.72 Å². The number of ether oxygens (including phenoxy) is 1. The fraction of sp³-hybridized carbons (Fsp3) is 0.136. The van der Waals surface area contributed by atoms with Crippen LogP contribution in [0.1, 0.15) is 22.9 Å². The Labute approximate surface area is 166 Å². The van der Waals surface area contributed by atoms with E-state index in [4.69, 9.17) is 9.15 Å². The summed E-state index contributed by atoms with van der Waals surface area (Å²) in [6, 6.07) is 19.4. The molecule has 6 heteroatoms. The van der Waals surface area contributed by atoms with Crippen molar-refractivity contribution in [1.29, 1.82) is 0 Å². The zero-order chi connectivity index (χ0) is 19.9. The summed E-state index contributed by atoms with van der Waals surface area (Å²) in [6.45, 7) is 1.96. The maximum absolute atomic E-state index is 12.9. The summed E-state index contributed by atoms with van der Waals surface area (Å²) in [5, 5.41) is 0. The van der Waals surface area contributed by atoms with Crippen LogP contribution in [0.5, 0.6) is 0 Å². The lowest BCUT2D eigenvalue weighted by atomic mass is 10.0. The van der Waals surface area contributed by atoms with Crippen LogP contribution in [0.3, 0.4) is 0 Å². The summed E-state index contributed by atoms with van der Waals surface area (Å²) in [4.78, 5) is 13.1. The number of carbonyl (C=O) groups is 1. The quantitative estimate of drug-likeness (QED) is 0.481. The van der Waals surface area contributed by atoms with Gasteiger partial charge in [-0.3, -0.25) is 0 Å². The van der Waals surface area contributed by atoms with Crippen LogP contribution in [-0.2, 0) is 20.5 Å². The number of benzene rings is 2. The Bertz CT molecular complexity index is 964. The molecule has 28 heavy (non-hydrogen) atoms. The van der Waals surface area contributed by atoms with Crippen LogP contribution in [0, 0.1) is 6.92 Å². The Kier molecular flexibility index (Phi) is 6.57. The van der Waals surface area contributed by atoms with E-state index >= 15 is 0 Å². The Balaban J connectivity index is 1.99. The molecule has 144 valence electrons. The Morgan fingerprint density at radius 3 is 2.39 bits per heavy atom. The molecular formula is C22H21NO4S. The second-order valence-electron chi connectivity index (χ2n) is 6.15. The summed E-state index contributed by atoms with van der Waals surface area (Å²) < 4.78 is 26.4. The van der Waals surface area contributed by atoms with Crippen molar-refractivity contribution < 1.29 is 18.2 Å². The predicted molar refractivity (Wildman–Crippen MR) is 109 cm³/mol. The van der Waals surface area contributed by atoms with Gasteiger partial charge < -0.3 is 9.15 Å². The summed E-state index contributed by atoms with van der Waals surface area (Å²) in [5.74, 6) is -0.0632. The normalized spacial score (nSPS) is 13.7. The lowest BCUT2D eigenvalue weighted by Gasteiger charge is -2.18. The molecule has 5 nitrogen and oxygen atoms in total. The van der Waals surface area contributed by atoms with Gasteiger partial charge in [0.1, 0.15) is 22.8 Å². The Morgan fingerprint density at radius 2 is 1.79 bits per heavy atom. The fourth-order valence-electron chi connectivity index (χ4n) is 2.67. The highest BCUT2D eigenvalue weighted by Crippen LogP contribution is 2.27. The monoisotopic (exact) mass is 395 g/mol. The topological polar surface area (TPSA) is 68.5 Å². The van der Waals surface area contributed by atoms with Crippen LogP contribution in [0.4, 0.5) is 0 Å². The molecule has 0 spiro atoms. The Morgan fingerprint density at radius 1 is 1.07 bits per heavy atom. The first-order valence-corrected chi connectivity index (χ1v) is 9.86. The molecule has 0 aliphatic rings. The summed E-state index contributed by atoms with van der Waals surface area (Å²) >= 11 is 0. The van der Waals surface area contributed by atoms with Crippen molar-refractivity contribution in [2.45, 2.75) is 17.9 Å². The van der Waals surface area contributed by atoms with Gasteiger partial charge in [0.25, 0.3) is 0 Å². The third-order valence-electron chi connectivity index (χ3n) is 4.14. The van der Waals surface area contributed by atoms with Crippen LogP contribution in [-0.4, -0.2) is 17.3 Å². The first-order chi connectivity index (χ1) is 13.6. The number of hydrogen-bond donors (Lipinski definition) is 1. The van der Waals surface area contributed by atoms with Gasteiger partial charge >= 0.3 is 5.97 Å². The number of aryl methyl sites for hydroxylation is 1. The van der Waals surface area contributed by atoms with Crippen LogP contribution in [0.2, 0.25) is 0 Å². The van der Waals surface area contributed by atoms with E-state index < -0.39 is 23.0 Å². The van der Waals surface area contributed by atoms with Crippen LogP contribution >= 0.6 is 0 Å². The van der Waals surface area contributed by atoms with Crippen molar-refractivity contribution in [3.8, 4) is 0 Å². The van der Waals surface area contributed by atoms with Gasteiger partial charge in [0.15, 0.2) is 0 Å². The second kappa shape index (κ2) is 9.30. The van der Waals surface area contributed by atoms with Crippen molar-refractivity contribution in [3.05, 3.63) is 95.5 Å². The highest BCUT2D eigenvalue weighted by Gasteiger charge is 2.28. The molecule has 1 N–H and O–H groups in total. The minimum Gasteiger partial charge on any atom is -0.467 e. The van der Waals surface area contributed by atoms with Crippen LogP contribution in [0.15, 0.2) is 87.9 Å². The zero-order valence-electron chi connectivity index (χ0n) is 15.6. The molecule has 0 saturated carbocycles. The van der Waals surface area contributed by atoms with Gasteiger partial charge in [-0.15, -0.1) is 0 Å². The van der Waals surface area contributed by atoms with E-state index in [1.807, 2.05) is 49.4 Å². The van der Waals surface area contributed by atoms with E-state index in [0.29, 0.717) is 16.2 Å². The molecule has 0 fully saturated rings. The molecule has 3 aromatic rings.